The SMILES string of the molecule is C1=C(c2cc3c(Nc4ccc5scnc5c4)ncnc3s2)CN(CC2CC2)CC1. The van der Waals surface area contributed by atoms with E-state index in [4.69, 9.17) is 0 Å². The molecule has 7 heteroatoms. The first-order valence-corrected chi connectivity index (χ1v) is 11.8. The zero-order valence-electron chi connectivity index (χ0n) is 16.0. The zero-order chi connectivity index (χ0) is 19.2. The molecule has 5 nitrogen and oxygen atoms in total. The Morgan fingerprint density at radius 2 is 2.10 bits per heavy atom. The van der Waals surface area contributed by atoms with Crippen LogP contribution in [0.2, 0.25) is 0 Å². The van der Waals surface area contributed by atoms with E-state index in [1.54, 1.807) is 29.0 Å². The van der Waals surface area contributed by atoms with Crippen molar-refractivity contribution in [1.29, 1.82) is 0 Å². The minimum absolute atomic E-state index is 0.860. The summed E-state index contributed by atoms with van der Waals surface area (Å²) in [5, 5.41) is 4.57. The van der Waals surface area contributed by atoms with Gasteiger partial charge < -0.3 is 5.32 Å². The van der Waals surface area contributed by atoms with Gasteiger partial charge in [-0.3, -0.25) is 4.90 Å². The van der Waals surface area contributed by atoms with Crippen LogP contribution in [0.5, 0.6) is 0 Å². The average Bonchev–Trinajstić information content (AvgIpc) is 3.26. The highest BCUT2D eigenvalue weighted by Crippen LogP contribution is 2.36. The van der Waals surface area contributed by atoms with Gasteiger partial charge in [-0.15, -0.1) is 22.7 Å². The maximum absolute atomic E-state index is 4.53. The molecule has 1 aromatic carbocycles. The Bertz CT molecular complexity index is 1220. The van der Waals surface area contributed by atoms with E-state index in [9.17, 15) is 0 Å². The molecule has 0 amide bonds. The van der Waals surface area contributed by atoms with E-state index >= 15 is 0 Å². The molecule has 3 aromatic heterocycles. The van der Waals surface area contributed by atoms with Gasteiger partial charge in [0.25, 0.3) is 0 Å². The Hall–Kier alpha value is -2.35. The fraction of sp³-hybridized carbons (Fsp3) is 0.318. The lowest BCUT2D eigenvalue weighted by Crippen LogP contribution is -2.31. The normalized spacial score (nSPS) is 17.7. The number of nitrogens with zero attached hydrogens (tertiary/aromatic N) is 4. The molecule has 146 valence electrons. The van der Waals surface area contributed by atoms with Gasteiger partial charge in [-0.25, -0.2) is 15.0 Å². The van der Waals surface area contributed by atoms with Crippen molar-refractivity contribution in [2.75, 3.05) is 25.0 Å². The van der Waals surface area contributed by atoms with Crippen LogP contribution in [0.15, 0.2) is 42.2 Å². The van der Waals surface area contributed by atoms with Gasteiger partial charge in [0.05, 0.1) is 21.1 Å². The molecule has 2 aliphatic rings. The average molecular weight is 420 g/mol. The lowest BCUT2D eigenvalue weighted by Gasteiger charge is -2.26. The third kappa shape index (κ3) is 3.54. The van der Waals surface area contributed by atoms with Crippen molar-refractivity contribution in [1.82, 2.24) is 19.9 Å². The summed E-state index contributed by atoms with van der Waals surface area (Å²) in [4.78, 5) is 18.4. The molecule has 1 saturated carbocycles. The molecule has 0 spiro atoms. The van der Waals surface area contributed by atoms with Crippen molar-refractivity contribution in [3.8, 4) is 0 Å². The van der Waals surface area contributed by atoms with Crippen molar-refractivity contribution in [2.45, 2.75) is 19.3 Å². The van der Waals surface area contributed by atoms with Gasteiger partial charge in [-0.1, -0.05) is 6.08 Å². The molecule has 6 rings (SSSR count). The lowest BCUT2D eigenvalue weighted by atomic mass is 10.1. The molecule has 0 radical (unpaired) electrons. The monoisotopic (exact) mass is 419 g/mol. The standard InChI is InChI=1S/C22H21N5S2/c1-2-15(11-27(7-1)10-14-3-4-14)20-9-17-21(23-12-24-22(17)29-20)26-16-5-6-19-18(8-16)25-13-28-19/h2,5-6,8-9,12-14H,1,3-4,7,10-11H2,(H,23,24,26). The summed E-state index contributed by atoms with van der Waals surface area (Å²) in [6, 6.07) is 8.53. The second-order valence-corrected chi connectivity index (χ2v) is 9.83. The topological polar surface area (TPSA) is 53.9 Å². The Morgan fingerprint density at radius 3 is 3.03 bits per heavy atom. The van der Waals surface area contributed by atoms with Crippen LogP contribution in [-0.4, -0.2) is 39.5 Å². The lowest BCUT2D eigenvalue weighted by molar-refractivity contribution is 0.292. The molecule has 1 N–H and O–H groups in total. The van der Waals surface area contributed by atoms with Crippen molar-refractivity contribution in [2.24, 2.45) is 5.92 Å². The van der Waals surface area contributed by atoms with E-state index in [1.807, 2.05) is 5.51 Å². The van der Waals surface area contributed by atoms with Crippen molar-refractivity contribution < 1.29 is 0 Å². The van der Waals surface area contributed by atoms with Crippen LogP contribution in [0.1, 0.15) is 24.1 Å². The summed E-state index contributed by atoms with van der Waals surface area (Å²) < 4.78 is 1.20. The molecule has 4 aromatic rings. The predicted octanol–water partition coefficient (Wildman–Crippen LogP) is 5.54. The van der Waals surface area contributed by atoms with Crippen molar-refractivity contribution in [3.63, 3.8) is 0 Å². The van der Waals surface area contributed by atoms with Crippen LogP contribution < -0.4 is 5.32 Å². The molecule has 0 saturated heterocycles. The number of nitrogens with one attached hydrogen (secondary N) is 1. The molecule has 29 heavy (non-hydrogen) atoms. The Kier molecular flexibility index (Phi) is 4.32. The van der Waals surface area contributed by atoms with Gasteiger partial charge in [0.2, 0.25) is 0 Å². The number of thiophene rings is 1. The number of fused-ring (bicyclic) bond motifs is 2. The van der Waals surface area contributed by atoms with Gasteiger partial charge in [-0.2, -0.15) is 0 Å². The van der Waals surface area contributed by atoms with Crippen LogP contribution in [0, 0.1) is 5.92 Å². The number of thiazole rings is 1. The molecular formula is C22H21N5S2. The first kappa shape index (κ1) is 17.5. The van der Waals surface area contributed by atoms with E-state index in [1.165, 1.54) is 41.1 Å². The first-order valence-electron chi connectivity index (χ1n) is 10.1. The summed E-state index contributed by atoms with van der Waals surface area (Å²) >= 11 is 3.43. The van der Waals surface area contributed by atoms with Crippen LogP contribution in [-0.2, 0) is 0 Å². The maximum atomic E-state index is 4.53. The molecule has 1 fully saturated rings. The molecule has 1 aliphatic heterocycles. The second kappa shape index (κ2) is 7.16. The molecule has 0 atom stereocenters. The highest BCUT2D eigenvalue weighted by atomic mass is 32.1. The summed E-state index contributed by atoms with van der Waals surface area (Å²) in [7, 11) is 0. The van der Waals surface area contributed by atoms with Crippen molar-refractivity contribution >= 4 is 60.2 Å². The van der Waals surface area contributed by atoms with E-state index in [-0.39, 0.29) is 0 Å². The third-order valence-corrected chi connectivity index (χ3v) is 7.61. The zero-order valence-corrected chi connectivity index (χ0v) is 17.6. The second-order valence-electron chi connectivity index (χ2n) is 7.91. The summed E-state index contributed by atoms with van der Waals surface area (Å²) in [5.41, 5.74) is 5.34. The summed E-state index contributed by atoms with van der Waals surface area (Å²) in [5.74, 6) is 1.80. The van der Waals surface area contributed by atoms with Crippen molar-refractivity contribution in [3.05, 3.63) is 47.1 Å². The Morgan fingerprint density at radius 1 is 1.14 bits per heavy atom. The van der Waals surface area contributed by atoms with Gasteiger partial charge >= 0.3 is 0 Å². The fourth-order valence-corrected chi connectivity index (χ4v) is 5.68. The van der Waals surface area contributed by atoms with Gasteiger partial charge in [0.1, 0.15) is 17.0 Å². The first-order chi connectivity index (χ1) is 14.3. The predicted molar refractivity (Wildman–Crippen MR) is 122 cm³/mol. The largest absolute Gasteiger partial charge is 0.340 e. The van der Waals surface area contributed by atoms with Gasteiger partial charge in [0.15, 0.2) is 0 Å². The number of rotatable bonds is 5. The molecule has 0 unspecified atom stereocenters. The minimum Gasteiger partial charge on any atom is -0.340 e. The summed E-state index contributed by atoms with van der Waals surface area (Å²) in [6.07, 6.45) is 8.03. The highest BCUT2D eigenvalue weighted by Gasteiger charge is 2.26. The maximum Gasteiger partial charge on any atom is 0.142 e. The molecule has 0 bridgehead atoms. The van der Waals surface area contributed by atoms with Crippen LogP contribution in [0.4, 0.5) is 11.5 Å². The minimum atomic E-state index is 0.860. The van der Waals surface area contributed by atoms with Crippen LogP contribution in [0.3, 0.4) is 0 Å². The molecular weight excluding hydrogens is 398 g/mol. The van der Waals surface area contributed by atoms with Gasteiger partial charge in [-0.05, 0) is 55.0 Å². The van der Waals surface area contributed by atoms with E-state index < -0.39 is 0 Å². The Balaban J connectivity index is 1.29. The number of hydrogen-bond acceptors (Lipinski definition) is 7. The van der Waals surface area contributed by atoms with Crippen LogP contribution in [0.25, 0.3) is 26.0 Å². The third-order valence-electron chi connectivity index (χ3n) is 5.68. The van der Waals surface area contributed by atoms with Gasteiger partial charge in [0, 0.05) is 30.2 Å². The molecule has 4 heterocycles. The number of hydrogen-bond donors (Lipinski definition) is 1. The van der Waals surface area contributed by atoms with Crippen LogP contribution >= 0.6 is 22.7 Å². The molecule has 1 aliphatic carbocycles. The fourth-order valence-electron chi connectivity index (χ4n) is 3.99. The quantitative estimate of drug-likeness (QED) is 0.460. The van der Waals surface area contributed by atoms with E-state index in [0.29, 0.717) is 0 Å². The Labute approximate surface area is 177 Å². The summed E-state index contributed by atoms with van der Waals surface area (Å²) in [6.45, 7) is 3.50. The number of benzene rings is 1. The number of anilines is 2. The highest BCUT2D eigenvalue weighted by molar-refractivity contribution is 7.19. The number of aromatic nitrogens is 3. The van der Waals surface area contributed by atoms with E-state index in [0.717, 1.165) is 46.1 Å². The smallest absolute Gasteiger partial charge is 0.142 e. The van der Waals surface area contributed by atoms with E-state index in [2.05, 4.69) is 55.5 Å².